The largest absolute Gasteiger partial charge is 0.416 e. The van der Waals surface area contributed by atoms with Crippen LogP contribution in [0.2, 0.25) is 0 Å². The predicted molar refractivity (Wildman–Crippen MR) is 86.7 cm³/mol. The number of nitrogens with one attached hydrogen (secondary N) is 1. The second-order valence-corrected chi connectivity index (χ2v) is 5.96. The van der Waals surface area contributed by atoms with Crippen LogP contribution in [0.3, 0.4) is 0 Å². The summed E-state index contributed by atoms with van der Waals surface area (Å²) in [5.74, 6) is -1.70. The summed E-state index contributed by atoms with van der Waals surface area (Å²) in [5, 5.41) is 12.8. The van der Waals surface area contributed by atoms with Crippen molar-refractivity contribution in [1.82, 2.24) is 25.5 Å². The molecule has 0 radical (unpaired) electrons. The third kappa shape index (κ3) is 4.72. The van der Waals surface area contributed by atoms with Gasteiger partial charge in [0.15, 0.2) is 5.82 Å². The topological polar surface area (TPSA) is 72.7 Å². The lowest BCUT2D eigenvalue weighted by Crippen LogP contribution is -2.26. The van der Waals surface area contributed by atoms with Gasteiger partial charge in [-0.1, -0.05) is 0 Å². The molecule has 0 aliphatic rings. The van der Waals surface area contributed by atoms with Gasteiger partial charge in [-0.25, -0.2) is 4.39 Å². The van der Waals surface area contributed by atoms with E-state index in [1.807, 2.05) is 0 Å². The molecule has 0 spiro atoms. The van der Waals surface area contributed by atoms with Gasteiger partial charge < -0.3 is 5.32 Å². The first kappa shape index (κ1) is 21.2. The Kier molecular flexibility index (Phi) is 5.46. The number of alkyl halides is 6. The minimum Gasteiger partial charge on any atom is -0.345 e. The number of halogens is 7. The van der Waals surface area contributed by atoms with Gasteiger partial charge in [0.1, 0.15) is 5.82 Å². The fourth-order valence-electron chi connectivity index (χ4n) is 2.45. The highest BCUT2D eigenvalue weighted by Crippen LogP contribution is 2.36. The zero-order valence-electron chi connectivity index (χ0n) is 14.6. The Hall–Kier alpha value is -3.51. The summed E-state index contributed by atoms with van der Waals surface area (Å²) >= 11 is 0. The highest BCUT2D eigenvalue weighted by molar-refractivity contribution is 5.94. The zero-order chi connectivity index (χ0) is 22.1. The standard InChI is InChI=1S/C17H10F7N5O/c18-12-1-3-13(4-2-12)29-14(26-27-28-29)8-25-15(30)9-5-10(16(19,20)21)7-11(6-9)17(22,23)24/h1-7H,8H2,(H,25,30). The highest BCUT2D eigenvalue weighted by atomic mass is 19.4. The molecule has 2 aromatic carbocycles. The minimum atomic E-state index is -5.08. The van der Waals surface area contributed by atoms with Crippen molar-refractivity contribution in [3.8, 4) is 5.69 Å². The zero-order valence-corrected chi connectivity index (χ0v) is 14.6. The van der Waals surface area contributed by atoms with E-state index in [2.05, 4.69) is 20.8 Å². The summed E-state index contributed by atoms with van der Waals surface area (Å²) in [5.41, 5.74) is -3.74. The van der Waals surface area contributed by atoms with E-state index in [9.17, 15) is 35.5 Å². The number of nitrogens with zero attached hydrogens (tertiary/aromatic N) is 4. The summed E-state index contributed by atoms with van der Waals surface area (Å²) in [6.45, 7) is -0.416. The van der Waals surface area contributed by atoms with Crippen molar-refractivity contribution < 1.29 is 35.5 Å². The molecule has 0 unspecified atom stereocenters. The number of benzene rings is 2. The lowest BCUT2D eigenvalue weighted by molar-refractivity contribution is -0.143. The quantitative estimate of drug-likeness (QED) is 0.636. The summed E-state index contributed by atoms with van der Waals surface area (Å²) in [7, 11) is 0. The summed E-state index contributed by atoms with van der Waals surface area (Å²) in [6, 6.07) is 5.47. The number of hydrogen-bond donors (Lipinski definition) is 1. The SMILES string of the molecule is O=C(NCc1nnnn1-c1ccc(F)cc1)c1cc(C(F)(F)F)cc(C(F)(F)F)c1. The van der Waals surface area contributed by atoms with Gasteiger partial charge in [0.25, 0.3) is 5.91 Å². The smallest absolute Gasteiger partial charge is 0.345 e. The van der Waals surface area contributed by atoms with Gasteiger partial charge in [-0.3, -0.25) is 4.79 Å². The maximum atomic E-state index is 13.0. The van der Waals surface area contributed by atoms with Crippen LogP contribution in [0.15, 0.2) is 42.5 Å². The molecule has 0 saturated heterocycles. The van der Waals surface area contributed by atoms with Crippen LogP contribution >= 0.6 is 0 Å². The van der Waals surface area contributed by atoms with Crippen molar-refractivity contribution >= 4 is 5.91 Å². The maximum Gasteiger partial charge on any atom is 0.416 e. The van der Waals surface area contributed by atoms with Gasteiger partial charge in [0, 0.05) is 5.56 Å². The Morgan fingerprint density at radius 3 is 2.03 bits per heavy atom. The third-order valence-corrected chi connectivity index (χ3v) is 3.86. The monoisotopic (exact) mass is 433 g/mol. The van der Waals surface area contributed by atoms with Crippen molar-refractivity contribution in [2.24, 2.45) is 0 Å². The average molecular weight is 433 g/mol. The van der Waals surface area contributed by atoms with Crippen LogP contribution in [0.4, 0.5) is 30.7 Å². The van der Waals surface area contributed by atoms with Gasteiger partial charge in [-0.05, 0) is 52.9 Å². The van der Waals surface area contributed by atoms with Crippen molar-refractivity contribution in [2.75, 3.05) is 0 Å². The molecule has 3 aromatic rings. The van der Waals surface area contributed by atoms with Gasteiger partial charge in [0.05, 0.1) is 23.4 Å². The summed E-state index contributed by atoms with van der Waals surface area (Å²) in [6.07, 6.45) is -10.2. The Balaban J connectivity index is 1.84. The van der Waals surface area contributed by atoms with Crippen LogP contribution < -0.4 is 5.32 Å². The van der Waals surface area contributed by atoms with Crippen LogP contribution in [-0.4, -0.2) is 26.1 Å². The molecule has 0 saturated carbocycles. The van der Waals surface area contributed by atoms with Gasteiger partial charge in [-0.15, -0.1) is 5.10 Å². The van der Waals surface area contributed by atoms with Crippen molar-refractivity contribution in [3.63, 3.8) is 0 Å². The van der Waals surface area contributed by atoms with Crippen molar-refractivity contribution in [1.29, 1.82) is 0 Å². The van der Waals surface area contributed by atoms with Crippen LogP contribution in [0.1, 0.15) is 27.3 Å². The summed E-state index contributed by atoms with van der Waals surface area (Å²) in [4.78, 5) is 12.2. The van der Waals surface area contributed by atoms with E-state index in [4.69, 9.17) is 0 Å². The van der Waals surface area contributed by atoms with Gasteiger partial charge in [0.2, 0.25) is 0 Å². The first-order chi connectivity index (χ1) is 13.9. The molecule has 6 nitrogen and oxygen atoms in total. The van der Waals surface area contributed by atoms with Crippen LogP contribution in [-0.2, 0) is 18.9 Å². The number of hydrogen-bond acceptors (Lipinski definition) is 4. The second-order valence-electron chi connectivity index (χ2n) is 5.96. The Morgan fingerprint density at radius 1 is 0.933 bits per heavy atom. The van der Waals surface area contributed by atoms with E-state index in [0.717, 1.165) is 16.8 Å². The molecule has 0 aliphatic carbocycles. The van der Waals surface area contributed by atoms with E-state index in [1.54, 1.807) is 0 Å². The molecule has 3 rings (SSSR count). The van der Waals surface area contributed by atoms with Crippen LogP contribution in [0, 0.1) is 5.82 Å². The molecule has 0 bridgehead atoms. The molecular formula is C17H10F7N5O. The number of aromatic nitrogens is 4. The predicted octanol–water partition coefficient (Wildman–Crippen LogP) is 3.77. The molecule has 13 heteroatoms. The Labute approximate surface area is 163 Å². The Bertz CT molecular complexity index is 1030. The molecule has 0 aliphatic heterocycles. The normalized spacial score (nSPS) is 12.1. The van der Waals surface area contributed by atoms with E-state index in [-0.39, 0.29) is 11.9 Å². The molecule has 1 heterocycles. The average Bonchev–Trinajstić information content (AvgIpc) is 3.13. The minimum absolute atomic E-state index is 0.0120. The van der Waals surface area contributed by atoms with E-state index in [1.165, 1.54) is 12.1 Å². The second kappa shape index (κ2) is 7.72. The lowest BCUT2D eigenvalue weighted by Gasteiger charge is -2.14. The molecule has 158 valence electrons. The fraction of sp³-hybridized carbons (Fsp3) is 0.176. The number of carbonyl (C=O) groups excluding carboxylic acids is 1. The van der Waals surface area contributed by atoms with Crippen molar-refractivity contribution in [2.45, 2.75) is 18.9 Å². The Morgan fingerprint density at radius 2 is 1.50 bits per heavy atom. The first-order valence-electron chi connectivity index (χ1n) is 8.06. The van der Waals surface area contributed by atoms with Gasteiger partial charge >= 0.3 is 12.4 Å². The molecule has 1 aromatic heterocycles. The van der Waals surface area contributed by atoms with E-state index < -0.39 is 47.3 Å². The molecular weight excluding hydrogens is 423 g/mol. The number of amides is 1. The molecule has 30 heavy (non-hydrogen) atoms. The highest BCUT2D eigenvalue weighted by Gasteiger charge is 2.37. The van der Waals surface area contributed by atoms with Gasteiger partial charge in [-0.2, -0.15) is 31.0 Å². The van der Waals surface area contributed by atoms with E-state index in [0.29, 0.717) is 17.8 Å². The maximum absolute atomic E-state index is 13.0. The summed E-state index contributed by atoms with van der Waals surface area (Å²) < 4.78 is 91.7. The lowest BCUT2D eigenvalue weighted by atomic mass is 10.0. The first-order valence-corrected chi connectivity index (χ1v) is 8.06. The van der Waals surface area contributed by atoms with Crippen LogP contribution in [0.25, 0.3) is 5.69 Å². The fourth-order valence-corrected chi connectivity index (χ4v) is 2.45. The molecule has 0 fully saturated rings. The van der Waals surface area contributed by atoms with Crippen molar-refractivity contribution in [3.05, 3.63) is 70.8 Å². The number of rotatable bonds is 4. The molecule has 1 amide bonds. The number of carbonyl (C=O) groups is 1. The third-order valence-electron chi connectivity index (χ3n) is 3.86. The van der Waals surface area contributed by atoms with E-state index >= 15 is 0 Å². The molecule has 1 N–H and O–H groups in total. The van der Waals surface area contributed by atoms with Crippen LogP contribution in [0.5, 0.6) is 0 Å². The molecule has 0 atom stereocenters. The number of tetrazole rings is 1.